The van der Waals surface area contributed by atoms with Gasteiger partial charge in [-0.2, -0.15) is 0 Å². The maximum Gasteiger partial charge on any atom is 0.294 e. The maximum absolute atomic E-state index is 12.8. The number of ether oxygens (including phenoxy) is 2. The lowest BCUT2D eigenvalue weighted by Gasteiger charge is -2.13. The Labute approximate surface area is 241 Å². The predicted molar refractivity (Wildman–Crippen MR) is 154 cm³/mol. The van der Waals surface area contributed by atoms with Gasteiger partial charge in [-0.05, 0) is 100 Å². The molecule has 0 bridgehead atoms. The van der Waals surface area contributed by atoms with Gasteiger partial charge < -0.3 is 14.8 Å². The number of methoxy groups -OCH3 is 1. The number of benzene rings is 3. The normalized spacial score (nSPS) is 14.3. The predicted octanol–water partition coefficient (Wildman–Crippen LogP) is 6.86. The summed E-state index contributed by atoms with van der Waals surface area (Å²) < 4.78 is 12.3. The lowest BCUT2D eigenvalue weighted by molar-refractivity contribution is -0.127. The molecule has 0 saturated carbocycles. The summed E-state index contributed by atoms with van der Waals surface area (Å²) in [6, 6.07) is 17.6. The number of nitrogens with one attached hydrogen (secondary N) is 1. The number of carbonyl (C=O) groups is 3. The standard InChI is InChI=1S/C26H19Cl2IN2O5S/c1-35-22-11-15(3-9-21(22)36-14-16-2-8-19(27)20(28)10-16)12-23-25(33)31(26(34)37-23)13-24(32)30-18-6-4-17(29)5-7-18/h2-12H,13-14H2,1H3,(H,30,32)/b23-12-. The van der Waals surface area contributed by atoms with Crippen LogP contribution in [0.1, 0.15) is 11.1 Å². The number of anilines is 1. The number of amides is 3. The molecule has 0 unspecified atom stereocenters. The third-order valence-corrected chi connectivity index (χ3v) is 7.53. The van der Waals surface area contributed by atoms with Crippen molar-refractivity contribution < 1.29 is 23.9 Å². The van der Waals surface area contributed by atoms with E-state index >= 15 is 0 Å². The summed E-state index contributed by atoms with van der Waals surface area (Å²) in [6.07, 6.45) is 1.58. The number of carbonyl (C=O) groups excluding carboxylic acids is 3. The molecule has 1 aliphatic rings. The molecule has 37 heavy (non-hydrogen) atoms. The van der Waals surface area contributed by atoms with Crippen LogP contribution < -0.4 is 14.8 Å². The Kier molecular flexibility index (Phi) is 9.01. The third-order valence-electron chi connectivity index (χ3n) is 5.17. The second kappa shape index (κ2) is 12.2. The third kappa shape index (κ3) is 6.98. The van der Waals surface area contributed by atoms with Crippen LogP contribution in [0.3, 0.4) is 0 Å². The van der Waals surface area contributed by atoms with E-state index in [4.69, 9.17) is 32.7 Å². The highest BCUT2D eigenvalue weighted by Gasteiger charge is 2.36. The van der Waals surface area contributed by atoms with Gasteiger partial charge in [-0.15, -0.1) is 0 Å². The molecule has 1 saturated heterocycles. The molecule has 1 heterocycles. The van der Waals surface area contributed by atoms with Gasteiger partial charge >= 0.3 is 0 Å². The maximum atomic E-state index is 12.8. The number of nitrogens with zero attached hydrogens (tertiary/aromatic N) is 1. The van der Waals surface area contributed by atoms with E-state index in [1.165, 1.54) is 7.11 Å². The fourth-order valence-corrected chi connectivity index (χ4v) is 4.87. The van der Waals surface area contributed by atoms with Crippen molar-refractivity contribution in [3.8, 4) is 11.5 Å². The first-order chi connectivity index (χ1) is 17.7. The first kappa shape index (κ1) is 27.3. The van der Waals surface area contributed by atoms with Crippen molar-refractivity contribution >= 4 is 86.4 Å². The van der Waals surface area contributed by atoms with Crippen LogP contribution in [-0.4, -0.2) is 35.6 Å². The van der Waals surface area contributed by atoms with E-state index in [9.17, 15) is 14.4 Å². The van der Waals surface area contributed by atoms with Crippen LogP contribution in [0, 0.1) is 3.57 Å². The van der Waals surface area contributed by atoms with Crippen LogP contribution in [0.15, 0.2) is 65.6 Å². The zero-order chi connectivity index (χ0) is 26.5. The van der Waals surface area contributed by atoms with E-state index in [1.807, 2.05) is 18.2 Å². The van der Waals surface area contributed by atoms with Crippen molar-refractivity contribution in [2.24, 2.45) is 0 Å². The summed E-state index contributed by atoms with van der Waals surface area (Å²) in [5, 5.41) is 3.08. The van der Waals surface area contributed by atoms with Gasteiger partial charge in [-0.1, -0.05) is 35.3 Å². The van der Waals surface area contributed by atoms with E-state index in [2.05, 4.69) is 27.9 Å². The number of hydrogen-bond donors (Lipinski definition) is 1. The summed E-state index contributed by atoms with van der Waals surface area (Å²) in [7, 11) is 1.51. The van der Waals surface area contributed by atoms with Gasteiger partial charge in [-0.3, -0.25) is 19.3 Å². The van der Waals surface area contributed by atoms with Gasteiger partial charge in [0.15, 0.2) is 11.5 Å². The summed E-state index contributed by atoms with van der Waals surface area (Å²) in [6.45, 7) is -0.130. The molecule has 0 atom stereocenters. The van der Waals surface area contributed by atoms with Crippen LogP contribution in [0.4, 0.5) is 10.5 Å². The average molecular weight is 669 g/mol. The number of halogens is 3. The van der Waals surface area contributed by atoms with E-state index in [1.54, 1.807) is 48.5 Å². The SMILES string of the molecule is COc1cc(/C=C2\SC(=O)N(CC(=O)Nc3ccc(I)cc3)C2=O)ccc1OCc1ccc(Cl)c(Cl)c1. The minimum absolute atomic E-state index is 0.207. The van der Waals surface area contributed by atoms with Crippen molar-refractivity contribution in [3.05, 3.63) is 90.3 Å². The number of imide groups is 1. The molecule has 7 nitrogen and oxygen atoms in total. The highest BCUT2D eigenvalue weighted by atomic mass is 127. The molecule has 1 aliphatic heterocycles. The fourth-order valence-electron chi connectivity index (χ4n) is 3.35. The van der Waals surface area contributed by atoms with E-state index in [0.717, 1.165) is 25.8 Å². The molecule has 0 radical (unpaired) electrons. The lowest BCUT2D eigenvalue weighted by Crippen LogP contribution is -2.36. The molecule has 190 valence electrons. The highest BCUT2D eigenvalue weighted by molar-refractivity contribution is 14.1. The molecule has 0 aliphatic carbocycles. The van der Waals surface area contributed by atoms with Gasteiger partial charge in [-0.25, -0.2) is 0 Å². The minimum Gasteiger partial charge on any atom is -0.493 e. The van der Waals surface area contributed by atoms with Crippen LogP contribution >= 0.6 is 57.6 Å². The quantitative estimate of drug-likeness (QED) is 0.209. The molecular formula is C26H19Cl2IN2O5S. The summed E-state index contributed by atoms with van der Waals surface area (Å²) in [5.74, 6) is -0.0578. The highest BCUT2D eigenvalue weighted by Crippen LogP contribution is 2.35. The lowest BCUT2D eigenvalue weighted by atomic mass is 10.1. The van der Waals surface area contributed by atoms with Crippen LogP contribution in [0.2, 0.25) is 10.0 Å². The number of thioether (sulfide) groups is 1. The summed E-state index contributed by atoms with van der Waals surface area (Å²) in [5.41, 5.74) is 2.05. The van der Waals surface area contributed by atoms with Gasteiger partial charge in [0.05, 0.1) is 22.1 Å². The molecule has 1 fully saturated rings. The van der Waals surface area contributed by atoms with Crippen molar-refractivity contribution in [3.63, 3.8) is 0 Å². The Morgan fingerprint density at radius 2 is 1.78 bits per heavy atom. The Bertz CT molecular complexity index is 1400. The molecule has 0 aromatic heterocycles. The summed E-state index contributed by atoms with van der Waals surface area (Å²) >= 11 is 15.0. The Balaban J connectivity index is 1.42. The zero-order valence-electron chi connectivity index (χ0n) is 19.3. The van der Waals surface area contributed by atoms with Gasteiger partial charge in [0.1, 0.15) is 13.2 Å². The first-order valence-electron chi connectivity index (χ1n) is 10.8. The van der Waals surface area contributed by atoms with Gasteiger partial charge in [0.2, 0.25) is 5.91 Å². The zero-order valence-corrected chi connectivity index (χ0v) is 23.8. The monoisotopic (exact) mass is 668 g/mol. The van der Waals surface area contributed by atoms with Crippen molar-refractivity contribution in [2.45, 2.75) is 6.61 Å². The molecule has 11 heteroatoms. The largest absolute Gasteiger partial charge is 0.493 e. The van der Waals surface area contributed by atoms with Gasteiger partial charge in [0, 0.05) is 9.26 Å². The van der Waals surface area contributed by atoms with Crippen LogP contribution in [-0.2, 0) is 16.2 Å². The molecule has 3 aromatic rings. The van der Waals surface area contributed by atoms with Crippen molar-refractivity contribution in [1.29, 1.82) is 0 Å². The second-order valence-corrected chi connectivity index (χ2v) is 10.8. The van der Waals surface area contributed by atoms with Crippen molar-refractivity contribution in [2.75, 3.05) is 19.0 Å². The van der Waals surface area contributed by atoms with E-state index in [0.29, 0.717) is 32.8 Å². The Hall–Kier alpha value is -2.73. The molecular weight excluding hydrogens is 650 g/mol. The number of rotatable bonds is 8. The molecule has 1 N–H and O–H groups in total. The van der Waals surface area contributed by atoms with Crippen LogP contribution in [0.5, 0.6) is 11.5 Å². The smallest absolute Gasteiger partial charge is 0.294 e. The van der Waals surface area contributed by atoms with Crippen LogP contribution in [0.25, 0.3) is 6.08 Å². The minimum atomic E-state index is -0.535. The van der Waals surface area contributed by atoms with Gasteiger partial charge in [0.25, 0.3) is 11.1 Å². The van der Waals surface area contributed by atoms with E-state index < -0.39 is 17.1 Å². The Morgan fingerprint density at radius 1 is 1.03 bits per heavy atom. The Morgan fingerprint density at radius 3 is 2.49 bits per heavy atom. The second-order valence-electron chi connectivity index (χ2n) is 7.77. The van der Waals surface area contributed by atoms with Crippen molar-refractivity contribution in [1.82, 2.24) is 4.90 Å². The van der Waals surface area contributed by atoms with E-state index in [-0.39, 0.29) is 18.1 Å². The summed E-state index contributed by atoms with van der Waals surface area (Å²) in [4.78, 5) is 38.8. The average Bonchev–Trinajstić information content (AvgIpc) is 3.13. The molecule has 0 spiro atoms. The topological polar surface area (TPSA) is 84.9 Å². The first-order valence-corrected chi connectivity index (χ1v) is 13.4. The fraction of sp³-hybridized carbons (Fsp3) is 0.115. The number of hydrogen-bond acceptors (Lipinski definition) is 6. The molecule has 3 amide bonds. The molecule has 4 rings (SSSR count). The molecule has 3 aromatic carbocycles.